The summed E-state index contributed by atoms with van der Waals surface area (Å²) in [7, 11) is 0. The number of hydrogen-bond acceptors (Lipinski definition) is 3. The largest absolute Gasteiger partial charge is 0.396 e. The van der Waals surface area contributed by atoms with Gasteiger partial charge in [-0.15, -0.1) is 11.3 Å². The summed E-state index contributed by atoms with van der Waals surface area (Å²) in [6, 6.07) is 14.3. The molecule has 0 radical (unpaired) electrons. The topological polar surface area (TPSA) is 38.9 Å². The first-order valence-electron chi connectivity index (χ1n) is 5.47. The van der Waals surface area contributed by atoms with Gasteiger partial charge in [-0.3, -0.25) is 0 Å². The van der Waals surface area contributed by atoms with E-state index in [9.17, 15) is 0 Å². The van der Waals surface area contributed by atoms with Crippen LogP contribution in [0.1, 0.15) is 5.01 Å². The zero-order valence-corrected chi connectivity index (χ0v) is 10.3. The van der Waals surface area contributed by atoms with Crippen molar-refractivity contribution in [2.24, 2.45) is 0 Å². The van der Waals surface area contributed by atoms with Crippen molar-refractivity contribution in [3.8, 4) is 11.1 Å². The molecule has 2 N–H and O–H groups in total. The molecule has 0 aliphatic heterocycles. The van der Waals surface area contributed by atoms with Crippen molar-refractivity contribution in [3.63, 3.8) is 0 Å². The van der Waals surface area contributed by atoms with Crippen LogP contribution < -0.4 is 5.73 Å². The third kappa shape index (κ3) is 1.68. The van der Waals surface area contributed by atoms with Crippen molar-refractivity contribution in [2.45, 2.75) is 6.92 Å². The second kappa shape index (κ2) is 3.86. The molecular weight excluding hydrogens is 228 g/mol. The molecule has 1 heterocycles. The van der Waals surface area contributed by atoms with Gasteiger partial charge in [-0.05, 0) is 18.6 Å². The summed E-state index contributed by atoms with van der Waals surface area (Å²) < 4.78 is 1.15. The molecule has 0 saturated carbocycles. The molecule has 0 spiro atoms. The van der Waals surface area contributed by atoms with E-state index in [0.29, 0.717) is 0 Å². The Bertz CT molecular complexity index is 671. The van der Waals surface area contributed by atoms with Crippen LogP contribution in [0.5, 0.6) is 0 Å². The van der Waals surface area contributed by atoms with Crippen LogP contribution in [0, 0.1) is 6.92 Å². The third-order valence-electron chi connectivity index (χ3n) is 2.79. The average Bonchev–Trinajstić information content (AvgIpc) is 2.72. The van der Waals surface area contributed by atoms with Crippen molar-refractivity contribution in [1.29, 1.82) is 0 Å². The van der Waals surface area contributed by atoms with Crippen LogP contribution in [0.25, 0.3) is 21.3 Å². The van der Waals surface area contributed by atoms with Crippen LogP contribution in [0.2, 0.25) is 0 Å². The maximum atomic E-state index is 6.21. The summed E-state index contributed by atoms with van der Waals surface area (Å²) in [5, 5.41) is 1.05. The van der Waals surface area contributed by atoms with Crippen LogP contribution in [0.3, 0.4) is 0 Å². The van der Waals surface area contributed by atoms with Gasteiger partial charge in [0.2, 0.25) is 0 Å². The summed E-state index contributed by atoms with van der Waals surface area (Å²) in [4.78, 5) is 4.49. The van der Waals surface area contributed by atoms with Gasteiger partial charge in [0.15, 0.2) is 0 Å². The summed E-state index contributed by atoms with van der Waals surface area (Å²) in [6.45, 7) is 2.01. The molecule has 0 aliphatic rings. The molecule has 0 bridgehead atoms. The average molecular weight is 240 g/mol. The Balaban J connectivity index is 2.28. The molecule has 84 valence electrons. The molecule has 0 unspecified atom stereocenters. The highest BCUT2D eigenvalue weighted by Gasteiger charge is 2.09. The molecular formula is C14H12N2S. The van der Waals surface area contributed by atoms with Crippen molar-refractivity contribution in [1.82, 2.24) is 4.98 Å². The first kappa shape index (κ1) is 10.3. The Labute approximate surface area is 104 Å². The highest BCUT2D eigenvalue weighted by molar-refractivity contribution is 7.18. The van der Waals surface area contributed by atoms with Crippen LogP contribution in [0.4, 0.5) is 5.69 Å². The van der Waals surface area contributed by atoms with E-state index in [-0.39, 0.29) is 0 Å². The maximum Gasteiger partial charge on any atom is 0.105 e. The number of thiazole rings is 1. The molecule has 2 nitrogen and oxygen atoms in total. The van der Waals surface area contributed by atoms with E-state index in [2.05, 4.69) is 29.2 Å². The summed E-state index contributed by atoms with van der Waals surface area (Å²) in [5.41, 5.74) is 10.1. The van der Waals surface area contributed by atoms with E-state index in [1.54, 1.807) is 11.3 Å². The Morgan fingerprint density at radius 2 is 1.82 bits per heavy atom. The van der Waals surface area contributed by atoms with Crippen molar-refractivity contribution in [3.05, 3.63) is 47.5 Å². The minimum absolute atomic E-state index is 0.776. The van der Waals surface area contributed by atoms with Gasteiger partial charge in [0, 0.05) is 5.56 Å². The number of rotatable bonds is 1. The van der Waals surface area contributed by atoms with E-state index < -0.39 is 0 Å². The summed E-state index contributed by atoms with van der Waals surface area (Å²) in [5.74, 6) is 0. The fraction of sp³-hybridized carbons (Fsp3) is 0.0714. The van der Waals surface area contributed by atoms with E-state index in [0.717, 1.165) is 32.0 Å². The fourth-order valence-electron chi connectivity index (χ4n) is 1.99. The Morgan fingerprint density at radius 1 is 1.06 bits per heavy atom. The molecule has 0 saturated heterocycles. The van der Waals surface area contributed by atoms with Crippen LogP contribution in [0.15, 0.2) is 42.5 Å². The zero-order chi connectivity index (χ0) is 11.8. The van der Waals surface area contributed by atoms with Gasteiger partial charge >= 0.3 is 0 Å². The van der Waals surface area contributed by atoms with E-state index >= 15 is 0 Å². The predicted molar refractivity (Wildman–Crippen MR) is 74.2 cm³/mol. The second-order valence-electron chi connectivity index (χ2n) is 3.97. The molecule has 2 aromatic carbocycles. The molecule has 3 aromatic rings. The zero-order valence-electron chi connectivity index (χ0n) is 9.47. The number of nitrogens with two attached hydrogens (primary N) is 1. The molecule has 0 aliphatic carbocycles. The highest BCUT2D eigenvalue weighted by atomic mass is 32.1. The van der Waals surface area contributed by atoms with Crippen molar-refractivity contribution in [2.75, 3.05) is 5.73 Å². The lowest BCUT2D eigenvalue weighted by Crippen LogP contribution is -1.91. The standard InChI is InChI=1S/C14H12N2S/c1-9-16-14-12(17-9)8-7-11(13(14)15)10-5-3-2-4-6-10/h2-8H,15H2,1H3. The number of fused-ring (bicyclic) bond motifs is 1. The predicted octanol–water partition coefficient (Wildman–Crippen LogP) is 3.85. The van der Waals surface area contributed by atoms with Gasteiger partial charge in [-0.2, -0.15) is 0 Å². The lowest BCUT2D eigenvalue weighted by atomic mass is 10.0. The SMILES string of the molecule is Cc1nc2c(N)c(-c3ccccc3)ccc2s1. The molecule has 1 aromatic heterocycles. The fourth-order valence-corrected chi connectivity index (χ4v) is 2.84. The number of benzene rings is 2. The molecule has 0 fully saturated rings. The van der Waals surface area contributed by atoms with Gasteiger partial charge in [0.05, 0.1) is 15.4 Å². The third-order valence-corrected chi connectivity index (χ3v) is 3.73. The monoisotopic (exact) mass is 240 g/mol. The molecule has 3 heteroatoms. The van der Waals surface area contributed by atoms with Crippen molar-refractivity contribution >= 4 is 27.2 Å². The Morgan fingerprint density at radius 3 is 2.59 bits per heavy atom. The number of nitrogens with zero attached hydrogens (tertiary/aromatic N) is 1. The summed E-state index contributed by atoms with van der Waals surface area (Å²) in [6.07, 6.45) is 0. The minimum Gasteiger partial charge on any atom is -0.396 e. The van der Waals surface area contributed by atoms with Gasteiger partial charge in [0.1, 0.15) is 5.52 Å². The quantitative estimate of drug-likeness (QED) is 0.656. The number of aromatic nitrogens is 1. The van der Waals surface area contributed by atoms with Crippen LogP contribution in [-0.2, 0) is 0 Å². The van der Waals surface area contributed by atoms with Crippen LogP contribution >= 0.6 is 11.3 Å². The highest BCUT2D eigenvalue weighted by Crippen LogP contribution is 2.34. The Hall–Kier alpha value is -1.87. The Kier molecular flexibility index (Phi) is 2.34. The lowest BCUT2D eigenvalue weighted by molar-refractivity contribution is 1.35. The summed E-state index contributed by atoms with van der Waals surface area (Å²) >= 11 is 1.68. The molecule has 0 atom stereocenters. The second-order valence-corrected chi connectivity index (χ2v) is 5.21. The minimum atomic E-state index is 0.776. The van der Waals surface area contributed by atoms with Crippen molar-refractivity contribution < 1.29 is 0 Å². The molecule has 0 amide bonds. The first-order valence-corrected chi connectivity index (χ1v) is 6.28. The number of anilines is 1. The molecule has 17 heavy (non-hydrogen) atoms. The smallest absolute Gasteiger partial charge is 0.105 e. The first-order chi connectivity index (χ1) is 8.25. The maximum absolute atomic E-state index is 6.21. The van der Waals surface area contributed by atoms with Gasteiger partial charge in [0.25, 0.3) is 0 Å². The normalized spacial score (nSPS) is 10.9. The number of aryl methyl sites for hydroxylation is 1. The van der Waals surface area contributed by atoms with E-state index in [4.69, 9.17) is 5.73 Å². The lowest BCUT2D eigenvalue weighted by Gasteiger charge is -2.05. The number of hydrogen-bond donors (Lipinski definition) is 1. The number of nitrogen functional groups attached to an aromatic ring is 1. The van der Waals surface area contributed by atoms with Gasteiger partial charge in [-0.1, -0.05) is 36.4 Å². The van der Waals surface area contributed by atoms with E-state index in [1.165, 1.54) is 0 Å². The van der Waals surface area contributed by atoms with Gasteiger partial charge < -0.3 is 5.73 Å². The van der Waals surface area contributed by atoms with E-state index in [1.807, 2.05) is 25.1 Å². The van der Waals surface area contributed by atoms with Gasteiger partial charge in [-0.25, -0.2) is 4.98 Å². The molecule has 3 rings (SSSR count). The van der Waals surface area contributed by atoms with Crippen LogP contribution in [-0.4, -0.2) is 4.98 Å².